The predicted molar refractivity (Wildman–Crippen MR) is 125 cm³/mol. The van der Waals surface area contributed by atoms with Crippen molar-refractivity contribution in [2.75, 3.05) is 6.54 Å². The summed E-state index contributed by atoms with van der Waals surface area (Å²) in [6.07, 6.45) is 0. The fourth-order valence-corrected chi connectivity index (χ4v) is 3.53. The average Bonchev–Trinajstić information content (AvgIpc) is 2.62. The van der Waals surface area contributed by atoms with Gasteiger partial charge in [0.25, 0.3) is 5.91 Å². The molecular formula is C14H17B6ClN2O4. The number of carbonyl (C=O) groups excluding carboxylic acids is 1. The Hall–Kier alpha value is -2.21. The predicted octanol–water partition coefficient (Wildman–Crippen LogP) is -8.53. The molecule has 6 nitrogen and oxygen atoms in total. The smallest absolute Gasteiger partial charge is 0.322 e. The van der Waals surface area contributed by atoms with E-state index in [0.29, 0.717) is 16.1 Å². The van der Waals surface area contributed by atoms with Crippen LogP contribution in [0.2, 0.25) is 5.02 Å². The van der Waals surface area contributed by atoms with Crippen molar-refractivity contribution < 1.29 is 19.8 Å². The molecule has 13 heteroatoms. The van der Waals surface area contributed by atoms with Crippen LogP contribution in [0, 0.1) is 0 Å². The van der Waals surface area contributed by atoms with Gasteiger partial charge in [0.15, 0.2) is 13.5 Å². The second-order valence-corrected chi connectivity index (χ2v) is 7.04. The van der Waals surface area contributed by atoms with E-state index in [1.807, 2.05) is 31.4 Å². The number of aliphatic carboxylic acids is 1. The molecule has 132 valence electrons. The molecule has 2 aromatic rings. The van der Waals surface area contributed by atoms with E-state index >= 15 is 0 Å². The normalized spacial score (nSPS) is 10.6. The third-order valence-corrected chi connectivity index (χ3v) is 5.56. The molecule has 0 bridgehead atoms. The Kier molecular flexibility index (Phi) is 6.10. The Balaban J connectivity index is 2.71. The number of aromatic hydroxyl groups is 1. The van der Waals surface area contributed by atoms with Gasteiger partial charge < -0.3 is 15.5 Å². The van der Waals surface area contributed by atoms with E-state index in [1.165, 1.54) is 0 Å². The maximum atomic E-state index is 12.2. The van der Waals surface area contributed by atoms with Gasteiger partial charge in [-0.05, 0) is 16.6 Å². The van der Waals surface area contributed by atoms with Crippen molar-refractivity contribution in [1.29, 1.82) is 0 Å². The number of nitrogens with zero attached hydrogens (tertiary/aromatic N) is 1. The number of hydrogen-bond donors (Lipinski definition) is 3. The van der Waals surface area contributed by atoms with Gasteiger partial charge >= 0.3 is 5.97 Å². The Morgan fingerprint density at radius 2 is 1.52 bits per heavy atom. The molecule has 2 rings (SSSR count). The van der Waals surface area contributed by atoms with Gasteiger partial charge in [0, 0.05) is 10.6 Å². The highest BCUT2D eigenvalue weighted by molar-refractivity contribution is 6.66. The number of carboxylic acid groups (broad SMARTS) is 1. The van der Waals surface area contributed by atoms with Crippen LogP contribution in [-0.4, -0.2) is 80.7 Å². The Bertz CT molecular complexity index is 956. The number of carboxylic acids is 1. The summed E-state index contributed by atoms with van der Waals surface area (Å²) < 4.78 is 0. The minimum Gasteiger partial charge on any atom is -0.506 e. The first-order chi connectivity index (χ1) is 12.5. The first-order valence-electron chi connectivity index (χ1n) is 8.45. The lowest BCUT2D eigenvalue weighted by molar-refractivity contribution is -0.135. The highest BCUT2D eigenvalue weighted by atomic mass is 35.5. The molecule has 27 heavy (non-hydrogen) atoms. The van der Waals surface area contributed by atoms with Crippen molar-refractivity contribution in [3.05, 3.63) is 10.7 Å². The van der Waals surface area contributed by atoms with Gasteiger partial charge in [-0.15, -0.1) is 0 Å². The zero-order valence-electron chi connectivity index (χ0n) is 16.2. The fourth-order valence-electron chi connectivity index (χ4n) is 3.29. The maximum absolute atomic E-state index is 12.2. The van der Waals surface area contributed by atoms with Crippen LogP contribution in [0.3, 0.4) is 0 Å². The number of carbonyl (C=O) groups is 2. The van der Waals surface area contributed by atoms with E-state index in [-0.39, 0.29) is 11.4 Å². The standard InChI is InChI=1S/C14H17B6ClN2O4/c15-5-3(6(16)10(21)9(19)8(5)18)4-7(17)12(26)11(23-13(4)20)14(27)22-1-2(24)25/h26H,1,15-20H2,(H,22,27)(H,24,25). The van der Waals surface area contributed by atoms with Gasteiger partial charge in [0.1, 0.15) is 51.5 Å². The molecule has 0 unspecified atom stereocenters. The SMILES string of the molecule is Bc1nc(C(=O)NCC(=O)O)c(O)c(B)c1-c1c(B)c(B)c(B)c(Cl)c1B. The molecule has 0 aliphatic rings. The van der Waals surface area contributed by atoms with Crippen LogP contribution in [0.25, 0.3) is 11.1 Å². The van der Waals surface area contributed by atoms with Crippen molar-refractivity contribution in [1.82, 2.24) is 10.3 Å². The third kappa shape index (κ3) is 3.76. The van der Waals surface area contributed by atoms with Gasteiger partial charge in [-0.2, -0.15) is 0 Å². The molecule has 1 aromatic carbocycles. The molecule has 1 amide bonds. The number of benzene rings is 1. The number of hydrogen-bond acceptors (Lipinski definition) is 4. The molecule has 0 aliphatic heterocycles. The molecule has 0 saturated carbocycles. The fraction of sp³-hybridized carbons (Fsp3) is 0.0714. The highest BCUT2D eigenvalue weighted by Crippen LogP contribution is 2.18. The summed E-state index contributed by atoms with van der Waals surface area (Å²) in [4.78, 5) is 27.1. The minimum absolute atomic E-state index is 0.194. The number of pyridine rings is 1. The second kappa shape index (κ2) is 7.80. The number of aromatic nitrogens is 1. The summed E-state index contributed by atoms with van der Waals surface area (Å²) in [6.45, 7) is -0.551. The number of halogens is 1. The number of rotatable bonds is 4. The highest BCUT2D eigenvalue weighted by Gasteiger charge is 2.23. The van der Waals surface area contributed by atoms with Gasteiger partial charge in [-0.1, -0.05) is 33.5 Å². The zero-order chi connectivity index (χ0) is 20.6. The van der Waals surface area contributed by atoms with Crippen molar-refractivity contribution in [3.8, 4) is 16.9 Å². The van der Waals surface area contributed by atoms with Crippen LogP contribution >= 0.6 is 11.6 Å². The molecule has 0 aliphatic carbocycles. The van der Waals surface area contributed by atoms with E-state index in [0.717, 1.165) is 33.0 Å². The summed E-state index contributed by atoms with van der Waals surface area (Å²) in [7, 11) is 11.3. The molecule has 0 radical (unpaired) electrons. The first-order valence-corrected chi connectivity index (χ1v) is 8.83. The van der Waals surface area contributed by atoms with Gasteiger partial charge in [0.2, 0.25) is 0 Å². The second-order valence-electron chi connectivity index (χ2n) is 6.66. The molecule has 1 heterocycles. The molecular weight excluding hydrogens is 360 g/mol. The first kappa shape index (κ1) is 21.1. The van der Waals surface area contributed by atoms with Crippen LogP contribution in [-0.2, 0) is 4.79 Å². The van der Waals surface area contributed by atoms with Crippen LogP contribution in [0.5, 0.6) is 5.75 Å². The summed E-state index contributed by atoms with van der Waals surface area (Å²) in [5.74, 6) is -2.19. The van der Waals surface area contributed by atoms with E-state index < -0.39 is 18.4 Å². The van der Waals surface area contributed by atoms with Crippen molar-refractivity contribution in [2.45, 2.75) is 0 Å². The van der Waals surface area contributed by atoms with Crippen molar-refractivity contribution in [2.24, 2.45) is 0 Å². The monoisotopic (exact) mass is 378 g/mol. The lowest BCUT2D eigenvalue weighted by Crippen LogP contribution is -2.47. The number of amides is 1. The lowest BCUT2D eigenvalue weighted by atomic mass is 9.63. The van der Waals surface area contributed by atoms with E-state index in [9.17, 15) is 14.7 Å². The maximum Gasteiger partial charge on any atom is 0.322 e. The molecule has 3 N–H and O–H groups in total. The molecule has 0 fully saturated rings. The zero-order valence-corrected chi connectivity index (χ0v) is 17.0. The minimum atomic E-state index is -1.18. The Morgan fingerprint density at radius 1 is 0.926 bits per heavy atom. The molecule has 0 spiro atoms. The van der Waals surface area contributed by atoms with Crippen molar-refractivity contribution >= 4 is 103 Å². The Labute approximate surface area is 167 Å². The van der Waals surface area contributed by atoms with Crippen LogP contribution in [0.4, 0.5) is 0 Å². The largest absolute Gasteiger partial charge is 0.506 e. The summed E-state index contributed by atoms with van der Waals surface area (Å²) in [6, 6.07) is 0. The lowest BCUT2D eigenvalue weighted by Gasteiger charge is -2.23. The summed E-state index contributed by atoms with van der Waals surface area (Å²) >= 11 is 6.50. The molecule has 1 aromatic heterocycles. The molecule has 0 saturated heterocycles. The van der Waals surface area contributed by atoms with Gasteiger partial charge in [-0.3, -0.25) is 14.6 Å². The number of nitrogens with one attached hydrogen (secondary N) is 1. The Morgan fingerprint density at radius 3 is 2.07 bits per heavy atom. The van der Waals surface area contributed by atoms with Crippen LogP contribution in [0.15, 0.2) is 0 Å². The van der Waals surface area contributed by atoms with Crippen LogP contribution < -0.4 is 38.2 Å². The summed E-state index contributed by atoms with van der Waals surface area (Å²) in [5, 5.41) is 22.2. The van der Waals surface area contributed by atoms with Crippen LogP contribution in [0.1, 0.15) is 10.5 Å². The third-order valence-electron chi connectivity index (χ3n) is 4.99. The molecule has 0 atom stereocenters. The summed E-state index contributed by atoms with van der Waals surface area (Å²) in [5.41, 5.74) is 6.44. The van der Waals surface area contributed by atoms with E-state index in [2.05, 4.69) is 10.3 Å². The van der Waals surface area contributed by atoms with E-state index in [1.54, 1.807) is 15.7 Å². The van der Waals surface area contributed by atoms with Gasteiger partial charge in [0.05, 0.1) is 0 Å². The van der Waals surface area contributed by atoms with E-state index in [4.69, 9.17) is 16.7 Å². The topological polar surface area (TPSA) is 99.5 Å². The van der Waals surface area contributed by atoms with Crippen molar-refractivity contribution in [3.63, 3.8) is 0 Å². The van der Waals surface area contributed by atoms with Gasteiger partial charge in [-0.25, -0.2) is 0 Å². The quantitative estimate of drug-likeness (QED) is 0.460. The average molecular weight is 378 g/mol.